The molecule has 0 unspecified atom stereocenters. The smallest absolute Gasteiger partial charge is 0.229 e. The van der Waals surface area contributed by atoms with Crippen LogP contribution in [0.3, 0.4) is 0 Å². The van der Waals surface area contributed by atoms with Gasteiger partial charge in [-0.2, -0.15) is 0 Å². The lowest BCUT2D eigenvalue weighted by Crippen LogP contribution is -2.44. The number of allylic oxidation sites excluding steroid dienone is 1. The van der Waals surface area contributed by atoms with Gasteiger partial charge in [0.1, 0.15) is 18.2 Å². The summed E-state index contributed by atoms with van der Waals surface area (Å²) >= 11 is 0. The summed E-state index contributed by atoms with van der Waals surface area (Å²) in [5.41, 5.74) is 2.83. The maximum absolute atomic E-state index is 11.7. The third-order valence-electron chi connectivity index (χ3n) is 3.84. The minimum atomic E-state index is -3.40. The van der Waals surface area contributed by atoms with Crippen molar-refractivity contribution in [3.05, 3.63) is 34.7 Å². The van der Waals surface area contributed by atoms with E-state index in [2.05, 4.69) is 21.5 Å². The second kappa shape index (κ2) is 5.57. The lowest BCUT2D eigenvalue weighted by Gasteiger charge is -2.40. The van der Waals surface area contributed by atoms with Crippen molar-refractivity contribution in [3.63, 3.8) is 0 Å². The van der Waals surface area contributed by atoms with Crippen molar-refractivity contribution in [1.82, 2.24) is 19.6 Å². The van der Waals surface area contributed by atoms with E-state index in [1.807, 2.05) is 11.8 Å². The van der Waals surface area contributed by atoms with Crippen LogP contribution in [-0.2, 0) is 10.0 Å². The van der Waals surface area contributed by atoms with Crippen molar-refractivity contribution in [1.29, 1.82) is 0 Å². The first-order valence-electron chi connectivity index (χ1n) is 7.46. The van der Waals surface area contributed by atoms with Gasteiger partial charge in [0.2, 0.25) is 10.0 Å². The van der Waals surface area contributed by atoms with Gasteiger partial charge in [0, 0.05) is 13.1 Å². The molecular formula is C14H21N5O3S. The highest BCUT2D eigenvalue weighted by atomic mass is 32.2. The first-order valence-corrected chi connectivity index (χ1v) is 9.35. The number of aliphatic imine (C=N–C) groups is 1. The van der Waals surface area contributed by atoms with Gasteiger partial charge in [0.05, 0.1) is 30.1 Å². The predicted molar refractivity (Wildman–Crippen MR) is 86.5 cm³/mol. The first-order chi connectivity index (χ1) is 10.8. The monoisotopic (exact) mass is 339 g/mol. The second-order valence-electron chi connectivity index (χ2n) is 5.94. The Kier molecular flexibility index (Phi) is 3.85. The van der Waals surface area contributed by atoms with Gasteiger partial charge in [0.25, 0.3) is 0 Å². The molecule has 3 aliphatic rings. The highest BCUT2D eigenvalue weighted by molar-refractivity contribution is 7.88. The van der Waals surface area contributed by atoms with Crippen LogP contribution in [0.1, 0.15) is 20.3 Å². The van der Waals surface area contributed by atoms with E-state index in [0.29, 0.717) is 24.6 Å². The van der Waals surface area contributed by atoms with E-state index in [1.54, 1.807) is 12.4 Å². The van der Waals surface area contributed by atoms with Crippen molar-refractivity contribution in [2.24, 2.45) is 4.99 Å². The molecule has 0 aliphatic carbocycles. The van der Waals surface area contributed by atoms with Crippen LogP contribution in [0, 0.1) is 0 Å². The Labute approximate surface area is 136 Å². The molecule has 0 saturated heterocycles. The molecule has 126 valence electrons. The zero-order chi connectivity index (χ0) is 16.8. The fraction of sp³-hybridized carbons (Fsp3) is 0.500. The molecule has 2 N–H and O–H groups in total. The van der Waals surface area contributed by atoms with Gasteiger partial charge in [-0.25, -0.2) is 18.5 Å². The molecule has 3 rings (SSSR count). The lowest BCUT2D eigenvalue weighted by molar-refractivity contribution is -0.0539. The number of hydrogen-bond acceptors (Lipinski definition) is 7. The SMILES string of the molecule is CCCN1CC(C)=C(NS(C)(=O)=O)C2=C1N1CN(O)C=C1C=N2. The average Bonchev–Trinajstić information content (AvgIpc) is 2.81. The molecule has 0 atom stereocenters. The molecule has 0 amide bonds. The Morgan fingerprint density at radius 1 is 1.43 bits per heavy atom. The molecule has 0 saturated carbocycles. The highest BCUT2D eigenvalue weighted by Gasteiger charge is 2.36. The lowest BCUT2D eigenvalue weighted by atomic mass is 10.1. The van der Waals surface area contributed by atoms with Crippen molar-refractivity contribution in [2.45, 2.75) is 20.3 Å². The summed E-state index contributed by atoms with van der Waals surface area (Å²) in [5, 5.41) is 10.9. The largest absolute Gasteiger partial charge is 0.352 e. The summed E-state index contributed by atoms with van der Waals surface area (Å²) < 4.78 is 26.0. The zero-order valence-electron chi connectivity index (χ0n) is 13.4. The van der Waals surface area contributed by atoms with Crippen LogP contribution in [-0.4, -0.2) is 60.7 Å². The Morgan fingerprint density at radius 3 is 2.83 bits per heavy atom. The van der Waals surface area contributed by atoms with Crippen LogP contribution in [0.15, 0.2) is 39.7 Å². The van der Waals surface area contributed by atoms with E-state index in [1.165, 1.54) is 0 Å². The minimum absolute atomic E-state index is 0.297. The van der Waals surface area contributed by atoms with Crippen LogP contribution in [0.4, 0.5) is 0 Å². The number of nitrogens with one attached hydrogen (secondary N) is 1. The molecule has 0 fully saturated rings. The topological polar surface area (TPSA) is 88.5 Å². The van der Waals surface area contributed by atoms with E-state index in [9.17, 15) is 13.6 Å². The number of rotatable bonds is 4. The Hall–Kier alpha value is -2.00. The summed E-state index contributed by atoms with van der Waals surface area (Å²) in [5.74, 6) is 0.828. The number of hydroxylamine groups is 2. The Morgan fingerprint density at radius 2 is 2.17 bits per heavy atom. The van der Waals surface area contributed by atoms with Crippen LogP contribution in [0.2, 0.25) is 0 Å². The summed E-state index contributed by atoms with van der Waals surface area (Å²) in [6, 6.07) is 0. The van der Waals surface area contributed by atoms with E-state index < -0.39 is 10.0 Å². The quantitative estimate of drug-likeness (QED) is 0.779. The Bertz CT molecular complexity index is 750. The van der Waals surface area contributed by atoms with Crippen molar-refractivity contribution in [3.8, 4) is 0 Å². The molecular weight excluding hydrogens is 318 g/mol. The number of sulfonamides is 1. The van der Waals surface area contributed by atoms with Crippen LogP contribution in [0.5, 0.6) is 0 Å². The molecule has 0 spiro atoms. The highest BCUT2D eigenvalue weighted by Crippen LogP contribution is 2.35. The standard InChI is InChI=1S/C14H21N5O3S/c1-4-5-17-7-10(2)12(16-23(3,21)22)13-14(17)19-9-18(20)8-11(19)6-15-13/h6,8,16,20H,4-5,7,9H2,1-3H3. The van der Waals surface area contributed by atoms with E-state index >= 15 is 0 Å². The van der Waals surface area contributed by atoms with Gasteiger partial charge in [-0.1, -0.05) is 6.92 Å². The van der Waals surface area contributed by atoms with E-state index in [-0.39, 0.29) is 0 Å². The molecule has 9 heteroatoms. The number of nitrogens with zero attached hydrogens (tertiary/aromatic N) is 4. The fourth-order valence-electron chi connectivity index (χ4n) is 3.01. The number of fused-ring (bicyclic) bond motifs is 2. The van der Waals surface area contributed by atoms with E-state index in [4.69, 9.17) is 0 Å². The van der Waals surface area contributed by atoms with Gasteiger partial charge in [-0.05, 0) is 18.9 Å². The third kappa shape index (κ3) is 2.93. The van der Waals surface area contributed by atoms with Crippen molar-refractivity contribution >= 4 is 16.2 Å². The average molecular weight is 339 g/mol. The van der Waals surface area contributed by atoms with Gasteiger partial charge in [-0.15, -0.1) is 0 Å². The maximum atomic E-state index is 11.7. The van der Waals surface area contributed by atoms with Crippen molar-refractivity contribution in [2.75, 3.05) is 26.0 Å². The molecule has 3 aliphatic heterocycles. The molecule has 0 bridgehead atoms. The van der Waals surface area contributed by atoms with Crippen LogP contribution < -0.4 is 4.72 Å². The molecule has 0 aromatic carbocycles. The summed E-state index contributed by atoms with van der Waals surface area (Å²) in [4.78, 5) is 8.56. The maximum Gasteiger partial charge on any atom is 0.229 e. The molecule has 0 aromatic heterocycles. The molecule has 8 nitrogen and oxygen atoms in total. The van der Waals surface area contributed by atoms with Gasteiger partial charge in [-0.3, -0.25) is 9.93 Å². The molecule has 3 heterocycles. The van der Waals surface area contributed by atoms with Gasteiger partial charge in [0.15, 0.2) is 0 Å². The molecule has 23 heavy (non-hydrogen) atoms. The summed E-state index contributed by atoms with van der Waals surface area (Å²) in [6.07, 6.45) is 5.33. The van der Waals surface area contributed by atoms with Crippen LogP contribution >= 0.6 is 0 Å². The van der Waals surface area contributed by atoms with Crippen molar-refractivity contribution < 1.29 is 13.6 Å². The Balaban J connectivity index is 2.09. The normalized spacial score (nSPS) is 20.9. The van der Waals surface area contributed by atoms with Crippen LogP contribution in [0.25, 0.3) is 0 Å². The summed E-state index contributed by atoms with van der Waals surface area (Å²) in [7, 11) is -3.40. The summed E-state index contributed by atoms with van der Waals surface area (Å²) in [6.45, 7) is 5.74. The molecule has 0 aromatic rings. The van der Waals surface area contributed by atoms with Gasteiger partial charge < -0.3 is 9.80 Å². The predicted octanol–water partition coefficient (Wildman–Crippen LogP) is 0.594. The third-order valence-corrected chi connectivity index (χ3v) is 4.42. The zero-order valence-corrected chi connectivity index (χ0v) is 14.3. The molecule has 0 radical (unpaired) electrons. The van der Waals surface area contributed by atoms with Gasteiger partial charge >= 0.3 is 0 Å². The van der Waals surface area contributed by atoms with E-state index in [0.717, 1.165) is 41.4 Å². The number of hydrogen-bond donors (Lipinski definition) is 2. The first kappa shape index (κ1) is 15.9. The second-order valence-corrected chi connectivity index (χ2v) is 7.69. The minimum Gasteiger partial charge on any atom is -0.352 e. The fourth-order valence-corrected chi connectivity index (χ4v) is 3.65.